The van der Waals surface area contributed by atoms with Crippen molar-refractivity contribution in [2.24, 2.45) is 0 Å². The van der Waals surface area contributed by atoms with E-state index in [9.17, 15) is 0 Å². The van der Waals surface area contributed by atoms with E-state index in [1.165, 1.54) is 5.56 Å². The van der Waals surface area contributed by atoms with Gasteiger partial charge in [-0.2, -0.15) is 0 Å². The SMILES string of the molecule is COc1cc(CNCCc2ccccc2)ccc1OCc1ccc(Cl)c(Cl)c1. The molecular weight excluding hydrogens is 393 g/mol. The Morgan fingerprint density at radius 1 is 0.786 bits per heavy atom. The highest BCUT2D eigenvalue weighted by Crippen LogP contribution is 2.29. The van der Waals surface area contributed by atoms with Crippen molar-refractivity contribution in [1.82, 2.24) is 5.32 Å². The van der Waals surface area contributed by atoms with Gasteiger partial charge in [0.05, 0.1) is 17.2 Å². The maximum Gasteiger partial charge on any atom is 0.161 e. The van der Waals surface area contributed by atoms with Crippen LogP contribution in [0, 0.1) is 0 Å². The molecule has 1 N–H and O–H groups in total. The molecule has 3 aromatic carbocycles. The first-order chi connectivity index (χ1) is 13.7. The van der Waals surface area contributed by atoms with Crippen molar-refractivity contribution >= 4 is 23.2 Å². The van der Waals surface area contributed by atoms with Gasteiger partial charge in [-0.15, -0.1) is 0 Å². The van der Waals surface area contributed by atoms with Crippen LogP contribution in [0.2, 0.25) is 10.0 Å². The van der Waals surface area contributed by atoms with Gasteiger partial charge in [-0.05, 0) is 53.9 Å². The molecule has 0 aliphatic carbocycles. The van der Waals surface area contributed by atoms with E-state index in [1.54, 1.807) is 19.2 Å². The fourth-order valence-electron chi connectivity index (χ4n) is 2.84. The van der Waals surface area contributed by atoms with Crippen molar-refractivity contribution in [3.05, 3.63) is 93.5 Å². The first kappa shape index (κ1) is 20.5. The first-order valence-electron chi connectivity index (χ1n) is 9.14. The summed E-state index contributed by atoms with van der Waals surface area (Å²) < 4.78 is 11.4. The molecule has 0 spiro atoms. The summed E-state index contributed by atoms with van der Waals surface area (Å²) in [6.07, 6.45) is 1.00. The molecule has 0 aromatic heterocycles. The second-order valence-corrected chi connectivity index (χ2v) is 7.25. The molecule has 5 heteroatoms. The van der Waals surface area contributed by atoms with E-state index in [4.69, 9.17) is 32.7 Å². The molecule has 0 radical (unpaired) electrons. The lowest BCUT2D eigenvalue weighted by molar-refractivity contribution is 0.284. The summed E-state index contributed by atoms with van der Waals surface area (Å²) in [7, 11) is 1.65. The molecule has 3 aromatic rings. The van der Waals surface area contributed by atoms with Gasteiger partial charge >= 0.3 is 0 Å². The first-order valence-corrected chi connectivity index (χ1v) is 9.89. The van der Waals surface area contributed by atoms with Crippen LogP contribution >= 0.6 is 23.2 Å². The predicted octanol–water partition coefficient (Wildman–Crippen LogP) is 5.91. The number of hydrogen-bond donors (Lipinski definition) is 1. The Hall–Kier alpha value is -2.20. The number of ether oxygens (including phenoxy) is 2. The molecule has 0 saturated heterocycles. The van der Waals surface area contributed by atoms with Gasteiger partial charge in [-0.25, -0.2) is 0 Å². The summed E-state index contributed by atoms with van der Waals surface area (Å²) in [5.41, 5.74) is 3.42. The maximum atomic E-state index is 6.06. The Balaban J connectivity index is 1.53. The third-order valence-corrected chi connectivity index (χ3v) is 5.11. The van der Waals surface area contributed by atoms with Crippen LogP contribution in [0.25, 0.3) is 0 Å². The largest absolute Gasteiger partial charge is 0.493 e. The molecule has 28 heavy (non-hydrogen) atoms. The quantitative estimate of drug-likeness (QED) is 0.440. The fourth-order valence-corrected chi connectivity index (χ4v) is 3.16. The lowest BCUT2D eigenvalue weighted by atomic mass is 10.1. The van der Waals surface area contributed by atoms with E-state index < -0.39 is 0 Å². The Bertz CT molecular complexity index is 900. The Morgan fingerprint density at radius 3 is 2.32 bits per heavy atom. The van der Waals surface area contributed by atoms with Crippen LogP contribution in [0.3, 0.4) is 0 Å². The standard InChI is InChI=1S/C23H23Cl2NO2/c1-27-23-14-18(15-26-12-11-17-5-3-2-4-6-17)8-10-22(23)28-16-19-7-9-20(24)21(25)13-19/h2-10,13-14,26H,11-12,15-16H2,1H3. The third-order valence-electron chi connectivity index (χ3n) is 4.37. The number of halogens is 2. The average Bonchev–Trinajstić information content (AvgIpc) is 2.73. The van der Waals surface area contributed by atoms with E-state index in [1.807, 2.05) is 30.3 Å². The zero-order valence-electron chi connectivity index (χ0n) is 15.8. The summed E-state index contributed by atoms with van der Waals surface area (Å²) >= 11 is 12.0. The number of benzene rings is 3. The van der Waals surface area contributed by atoms with Gasteiger partial charge in [-0.1, -0.05) is 65.7 Å². The maximum absolute atomic E-state index is 6.06. The van der Waals surface area contributed by atoms with Crippen LogP contribution in [0.1, 0.15) is 16.7 Å². The van der Waals surface area contributed by atoms with Crippen molar-refractivity contribution < 1.29 is 9.47 Å². The van der Waals surface area contributed by atoms with Crippen LogP contribution in [0.4, 0.5) is 0 Å². The van der Waals surface area contributed by atoms with Gasteiger partial charge in [0.2, 0.25) is 0 Å². The van der Waals surface area contributed by atoms with Crippen molar-refractivity contribution in [3.63, 3.8) is 0 Å². The summed E-state index contributed by atoms with van der Waals surface area (Å²) in [4.78, 5) is 0. The zero-order valence-corrected chi connectivity index (χ0v) is 17.3. The minimum absolute atomic E-state index is 0.391. The van der Waals surface area contributed by atoms with Crippen LogP contribution in [-0.2, 0) is 19.6 Å². The fraction of sp³-hybridized carbons (Fsp3) is 0.217. The highest BCUT2D eigenvalue weighted by Gasteiger charge is 2.07. The number of nitrogens with one attached hydrogen (secondary N) is 1. The molecule has 0 heterocycles. The average molecular weight is 416 g/mol. The van der Waals surface area contributed by atoms with Crippen molar-refractivity contribution in [1.29, 1.82) is 0 Å². The van der Waals surface area contributed by atoms with Crippen LogP contribution in [0.15, 0.2) is 66.7 Å². The highest BCUT2D eigenvalue weighted by molar-refractivity contribution is 6.42. The lowest BCUT2D eigenvalue weighted by Gasteiger charge is -2.13. The van der Waals surface area contributed by atoms with Gasteiger partial charge in [0, 0.05) is 6.54 Å². The van der Waals surface area contributed by atoms with Gasteiger partial charge in [-0.3, -0.25) is 0 Å². The molecule has 0 saturated carbocycles. The van der Waals surface area contributed by atoms with Crippen molar-refractivity contribution in [2.75, 3.05) is 13.7 Å². The molecule has 0 atom stereocenters. The summed E-state index contributed by atoms with van der Waals surface area (Å²) in [6.45, 7) is 2.08. The minimum Gasteiger partial charge on any atom is -0.493 e. The molecular formula is C23H23Cl2NO2. The normalized spacial score (nSPS) is 10.7. The van der Waals surface area contributed by atoms with Crippen LogP contribution in [0.5, 0.6) is 11.5 Å². The van der Waals surface area contributed by atoms with Gasteiger partial charge in [0.1, 0.15) is 6.61 Å². The smallest absolute Gasteiger partial charge is 0.161 e. The van der Waals surface area contributed by atoms with Gasteiger partial charge < -0.3 is 14.8 Å². The number of rotatable bonds is 9. The van der Waals surface area contributed by atoms with Gasteiger partial charge in [0.25, 0.3) is 0 Å². The molecule has 0 amide bonds. The van der Waals surface area contributed by atoms with E-state index >= 15 is 0 Å². The van der Waals surface area contributed by atoms with Crippen molar-refractivity contribution in [2.45, 2.75) is 19.6 Å². The molecule has 146 valence electrons. The minimum atomic E-state index is 0.391. The number of hydrogen-bond acceptors (Lipinski definition) is 3. The Labute approximate surface area is 176 Å². The Kier molecular flexibility index (Phi) is 7.61. The third kappa shape index (κ3) is 5.90. The molecule has 0 unspecified atom stereocenters. The molecule has 0 bridgehead atoms. The zero-order chi connectivity index (χ0) is 19.8. The molecule has 0 aliphatic heterocycles. The van der Waals surface area contributed by atoms with Crippen LogP contribution in [-0.4, -0.2) is 13.7 Å². The predicted molar refractivity (Wildman–Crippen MR) is 116 cm³/mol. The monoisotopic (exact) mass is 415 g/mol. The second-order valence-electron chi connectivity index (χ2n) is 6.43. The molecule has 0 aliphatic rings. The highest BCUT2D eigenvalue weighted by atomic mass is 35.5. The molecule has 3 rings (SSSR count). The summed E-state index contributed by atoms with van der Waals surface area (Å²) in [6, 6.07) is 21.9. The van der Waals surface area contributed by atoms with Gasteiger partial charge in [0.15, 0.2) is 11.5 Å². The topological polar surface area (TPSA) is 30.5 Å². The van der Waals surface area contributed by atoms with E-state index in [-0.39, 0.29) is 0 Å². The van der Waals surface area contributed by atoms with E-state index in [0.717, 1.165) is 30.6 Å². The molecule has 0 fully saturated rings. The Morgan fingerprint density at radius 2 is 1.57 bits per heavy atom. The summed E-state index contributed by atoms with van der Waals surface area (Å²) in [5, 5.41) is 4.52. The second kappa shape index (κ2) is 10.4. The van der Waals surface area contributed by atoms with Crippen LogP contribution < -0.4 is 14.8 Å². The lowest BCUT2D eigenvalue weighted by Crippen LogP contribution is -2.16. The molecule has 3 nitrogen and oxygen atoms in total. The van der Waals surface area contributed by atoms with E-state index in [2.05, 4.69) is 29.6 Å². The van der Waals surface area contributed by atoms with E-state index in [0.29, 0.717) is 28.2 Å². The van der Waals surface area contributed by atoms with Crippen molar-refractivity contribution in [3.8, 4) is 11.5 Å². The number of methoxy groups -OCH3 is 1. The summed E-state index contributed by atoms with van der Waals surface area (Å²) in [5.74, 6) is 1.41.